The predicted octanol–water partition coefficient (Wildman–Crippen LogP) is 0.187. The van der Waals surface area contributed by atoms with Gasteiger partial charge in [0.25, 0.3) is 11.8 Å². The van der Waals surface area contributed by atoms with Crippen molar-refractivity contribution in [3.05, 3.63) is 35.6 Å². The molecule has 1 rings (SSSR count). The summed E-state index contributed by atoms with van der Waals surface area (Å²) in [6.45, 7) is -0.838. The van der Waals surface area contributed by atoms with Gasteiger partial charge in [-0.15, -0.1) is 0 Å². The second-order valence-corrected chi connectivity index (χ2v) is 4.11. The Balaban J connectivity index is 2.40. The molecule has 0 aliphatic carbocycles. The molecule has 1 aromatic rings. The third-order valence-corrected chi connectivity index (χ3v) is 2.37. The summed E-state index contributed by atoms with van der Waals surface area (Å²) in [6.07, 6.45) is 0. The van der Waals surface area contributed by atoms with Gasteiger partial charge in [0.15, 0.2) is 6.61 Å². The van der Waals surface area contributed by atoms with Gasteiger partial charge in [0.05, 0.1) is 5.56 Å². The predicted molar refractivity (Wildman–Crippen MR) is 68.4 cm³/mol. The van der Waals surface area contributed by atoms with Crippen molar-refractivity contribution in [1.82, 2.24) is 10.2 Å². The first-order valence-electron chi connectivity index (χ1n) is 5.80. The van der Waals surface area contributed by atoms with Crippen molar-refractivity contribution < 1.29 is 23.5 Å². The van der Waals surface area contributed by atoms with Crippen molar-refractivity contribution in [2.45, 2.75) is 0 Å². The molecule has 1 aromatic carbocycles. The first-order chi connectivity index (χ1) is 9.41. The molecule has 0 spiro atoms. The van der Waals surface area contributed by atoms with Crippen LogP contribution in [0.25, 0.3) is 0 Å². The Bertz CT molecular complexity index is 517. The van der Waals surface area contributed by atoms with Crippen LogP contribution < -0.4 is 5.32 Å². The number of amides is 2. The number of hydrogen-bond donors (Lipinski definition) is 1. The molecule has 0 fully saturated rings. The monoisotopic (exact) mass is 282 g/mol. The highest BCUT2D eigenvalue weighted by Crippen LogP contribution is 2.05. The average molecular weight is 282 g/mol. The van der Waals surface area contributed by atoms with Crippen LogP contribution in [0.2, 0.25) is 0 Å². The Morgan fingerprint density at radius 1 is 1.25 bits per heavy atom. The molecule has 0 unspecified atom stereocenters. The molecule has 0 aliphatic heterocycles. The van der Waals surface area contributed by atoms with E-state index in [0.717, 1.165) is 6.07 Å². The summed E-state index contributed by atoms with van der Waals surface area (Å²) in [5.74, 6) is -2.55. The zero-order valence-corrected chi connectivity index (χ0v) is 11.2. The maximum Gasteiger partial charge on any atom is 0.325 e. The molecule has 2 amide bonds. The van der Waals surface area contributed by atoms with Crippen molar-refractivity contribution in [3.63, 3.8) is 0 Å². The van der Waals surface area contributed by atoms with Crippen LogP contribution in [0.3, 0.4) is 0 Å². The number of hydrogen-bond acceptors (Lipinski definition) is 4. The van der Waals surface area contributed by atoms with E-state index in [2.05, 4.69) is 10.1 Å². The van der Waals surface area contributed by atoms with Crippen molar-refractivity contribution >= 4 is 17.8 Å². The second kappa shape index (κ2) is 7.22. The van der Waals surface area contributed by atoms with Gasteiger partial charge in [0.1, 0.15) is 12.4 Å². The molecule has 7 heteroatoms. The first kappa shape index (κ1) is 15.6. The molecule has 20 heavy (non-hydrogen) atoms. The number of esters is 1. The van der Waals surface area contributed by atoms with Crippen LogP contribution >= 0.6 is 0 Å². The van der Waals surface area contributed by atoms with Gasteiger partial charge in [0, 0.05) is 14.1 Å². The van der Waals surface area contributed by atoms with E-state index < -0.39 is 30.8 Å². The summed E-state index contributed by atoms with van der Waals surface area (Å²) >= 11 is 0. The maximum absolute atomic E-state index is 13.3. The fourth-order valence-electron chi connectivity index (χ4n) is 1.22. The standard InChI is InChI=1S/C13H15FN2O4/c1-16(2)11(17)8-20-12(18)7-15-13(19)9-5-3-4-6-10(9)14/h3-6H,7-8H2,1-2H3,(H,15,19). The number of ether oxygens (including phenoxy) is 1. The van der Waals surface area contributed by atoms with E-state index in [1.807, 2.05) is 0 Å². The molecule has 0 radical (unpaired) electrons. The van der Waals surface area contributed by atoms with Gasteiger partial charge in [-0.25, -0.2) is 4.39 Å². The van der Waals surface area contributed by atoms with Crippen molar-refractivity contribution in [3.8, 4) is 0 Å². The van der Waals surface area contributed by atoms with Crippen LogP contribution in [0, 0.1) is 5.82 Å². The zero-order chi connectivity index (χ0) is 15.1. The van der Waals surface area contributed by atoms with Crippen LogP contribution in [-0.4, -0.2) is 49.9 Å². The number of carbonyl (C=O) groups excluding carboxylic acids is 3. The lowest BCUT2D eigenvalue weighted by molar-refractivity contribution is -0.150. The summed E-state index contributed by atoms with van der Waals surface area (Å²) in [6, 6.07) is 5.40. The summed E-state index contributed by atoms with van der Waals surface area (Å²) in [5, 5.41) is 2.21. The Hall–Kier alpha value is -2.44. The van der Waals surface area contributed by atoms with Crippen molar-refractivity contribution in [1.29, 1.82) is 0 Å². The van der Waals surface area contributed by atoms with Crippen LogP contribution in [0.5, 0.6) is 0 Å². The number of carbonyl (C=O) groups is 3. The minimum Gasteiger partial charge on any atom is -0.454 e. The minimum absolute atomic E-state index is 0.162. The quantitative estimate of drug-likeness (QED) is 0.782. The second-order valence-electron chi connectivity index (χ2n) is 4.11. The van der Waals surface area contributed by atoms with E-state index >= 15 is 0 Å². The van der Waals surface area contributed by atoms with Gasteiger partial charge in [-0.1, -0.05) is 12.1 Å². The van der Waals surface area contributed by atoms with Gasteiger partial charge in [-0.2, -0.15) is 0 Å². The van der Waals surface area contributed by atoms with Gasteiger partial charge < -0.3 is 15.0 Å². The van der Waals surface area contributed by atoms with Crippen LogP contribution in [0.15, 0.2) is 24.3 Å². The lowest BCUT2D eigenvalue weighted by Crippen LogP contribution is -2.33. The van der Waals surface area contributed by atoms with Crippen molar-refractivity contribution in [2.24, 2.45) is 0 Å². The molecule has 0 saturated carbocycles. The molecular weight excluding hydrogens is 267 g/mol. The van der Waals surface area contributed by atoms with Crippen LogP contribution in [0.1, 0.15) is 10.4 Å². The smallest absolute Gasteiger partial charge is 0.325 e. The van der Waals surface area contributed by atoms with E-state index in [1.165, 1.54) is 37.2 Å². The average Bonchev–Trinajstić information content (AvgIpc) is 2.42. The summed E-state index contributed by atoms with van der Waals surface area (Å²) < 4.78 is 17.9. The summed E-state index contributed by atoms with van der Waals surface area (Å²) in [4.78, 5) is 35.3. The third kappa shape index (κ3) is 4.68. The Morgan fingerprint density at radius 2 is 1.90 bits per heavy atom. The molecule has 0 bridgehead atoms. The molecule has 0 aromatic heterocycles. The van der Waals surface area contributed by atoms with Crippen molar-refractivity contribution in [2.75, 3.05) is 27.2 Å². The highest BCUT2D eigenvalue weighted by atomic mass is 19.1. The highest BCUT2D eigenvalue weighted by Gasteiger charge is 2.13. The lowest BCUT2D eigenvalue weighted by atomic mass is 10.2. The number of benzene rings is 1. The largest absolute Gasteiger partial charge is 0.454 e. The van der Waals surface area contributed by atoms with Gasteiger partial charge in [0.2, 0.25) is 0 Å². The van der Waals surface area contributed by atoms with E-state index in [-0.39, 0.29) is 11.5 Å². The van der Waals surface area contributed by atoms with E-state index in [1.54, 1.807) is 0 Å². The molecule has 0 heterocycles. The maximum atomic E-state index is 13.3. The number of halogens is 1. The molecule has 0 saturated heterocycles. The lowest BCUT2D eigenvalue weighted by Gasteiger charge is -2.10. The number of nitrogens with one attached hydrogen (secondary N) is 1. The Morgan fingerprint density at radius 3 is 2.50 bits per heavy atom. The molecule has 1 N–H and O–H groups in total. The Kier molecular flexibility index (Phi) is 5.64. The summed E-state index contributed by atoms with van der Waals surface area (Å²) in [5.41, 5.74) is -0.162. The van der Waals surface area contributed by atoms with Gasteiger partial charge in [-0.05, 0) is 12.1 Å². The van der Waals surface area contributed by atoms with Crippen LogP contribution in [0.4, 0.5) is 4.39 Å². The van der Waals surface area contributed by atoms with Gasteiger partial charge in [-0.3, -0.25) is 14.4 Å². The number of rotatable bonds is 5. The highest BCUT2D eigenvalue weighted by molar-refractivity contribution is 5.96. The molecule has 0 atom stereocenters. The van der Waals surface area contributed by atoms with E-state index in [0.29, 0.717) is 0 Å². The third-order valence-electron chi connectivity index (χ3n) is 2.37. The van der Waals surface area contributed by atoms with E-state index in [9.17, 15) is 18.8 Å². The zero-order valence-electron chi connectivity index (χ0n) is 11.2. The topological polar surface area (TPSA) is 75.7 Å². The van der Waals surface area contributed by atoms with Crippen LogP contribution in [-0.2, 0) is 14.3 Å². The minimum atomic E-state index is -0.773. The number of nitrogens with zero attached hydrogens (tertiary/aromatic N) is 1. The van der Waals surface area contributed by atoms with E-state index in [4.69, 9.17) is 0 Å². The summed E-state index contributed by atoms with van der Waals surface area (Å²) in [7, 11) is 3.05. The first-order valence-corrected chi connectivity index (χ1v) is 5.80. The fourth-order valence-corrected chi connectivity index (χ4v) is 1.22. The molecular formula is C13H15FN2O4. The molecule has 6 nitrogen and oxygen atoms in total. The Labute approximate surface area is 115 Å². The SMILES string of the molecule is CN(C)C(=O)COC(=O)CNC(=O)c1ccccc1F. The fraction of sp³-hybridized carbons (Fsp3) is 0.308. The normalized spacial score (nSPS) is 9.75. The van der Waals surface area contributed by atoms with Gasteiger partial charge >= 0.3 is 5.97 Å². The molecule has 0 aliphatic rings. The molecule has 108 valence electrons. The number of likely N-dealkylation sites (N-methyl/N-ethyl adjacent to an activating group) is 1.